The largest absolute Gasteiger partial charge is 0.334 e. The van der Waals surface area contributed by atoms with Crippen LogP contribution in [-0.4, -0.2) is 32.3 Å². The van der Waals surface area contributed by atoms with Gasteiger partial charge < -0.3 is 11.2 Å². The Balaban J connectivity index is 1.96. The van der Waals surface area contributed by atoms with E-state index < -0.39 is 5.56 Å². The van der Waals surface area contributed by atoms with Crippen LogP contribution in [0.5, 0.6) is 0 Å². The first-order valence-corrected chi connectivity index (χ1v) is 7.62. The molecule has 9 heteroatoms. The molecular formula is C14H15N5O3S. The lowest BCUT2D eigenvalue weighted by atomic mass is 10.1. The van der Waals surface area contributed by atoms with Crippen LogP contribution in [0.4, 0.5) is 5.69 Å². The van der Waals surface area contributed by atoms with Crippen LogP contribution in [0.3, 0.4) is 0 Å². The third-order valence-corrected chi connectivity index (χ3v) is 3.87. The molecule has 0 saturated heterocycles. The number of carbonyl (C=O) groups excluding carboxylic acids is 2. The number of aromatic nitrogens is 3. The Bertz CT molecular complexity index is 801. The van der Waals surface area contributed by atoms with Crippen molar-refractivity contribution in [3.8, 4) is 0 Å². The fourth-order valence-electron chi connectivity index (χ4n) is 1.68. The Hall–Kier alpha value is -2.68. The van der Waals surface area contributed by atoms with E-state index in [9.17, 15) is 14.4 Å². The number of nitrogens with zero attached hydrogens (tertiary/aromatic N) is 3. The number of rotatable bonds is 5. The van der Waals surface area contributed by atoms with Gasteiger partial charge in [-0.25, -0.2) is 0 Å². The molecule has 8 nitrogen and oxygen atoms in total. The van der Waals surface area contributed by atoms with Crippen LogP contribution < -0.4 is 16.7 Å². The SMILES string of the molecule is CC(=O)c1ccc(NC(=O)CSc2nnc(C)c(=O)n2N)cc1. The molecule has 23 heavy (non-hydrogen) atoms. The molecule has 0 radical (unpaired) electrons. The molecule has 0 aliphatic heterocycles. The number of benzene rings is 1. The van der Waals surface area contributed by atoms with Gasteiger partial charge in [0.15, 0.2) is 5.78 Å². The number of nitrogen functional groups attached to an aromatic ring is 1. The molecule has 1 heterocycles. The van der Waals surface area contributed by atoms with Gasteiger partial charge in [-0.15, -0.1) is 10.2 Å². The van der Waals surface area contributed by atoms with Gasteiger partial charge in [-0.1, -0.05) is 11.8 Å². The van der Waals surface area contributed by atoms with Crippen LogP contribution in [-0.2, 0) is 4.79 Å². The number of nitrogens with two attached hydrogens (primary N) is 1. The maximum atomic E-state index is 11.9. The summed E-state index contributed by atoms with van der Waals surface area (Å²) in [5.41, 5.74) is 0.870. The van der Waals surface area contributed by atoms with Gasteiger partial charge in [-0.2, -0.15) is 4.68 Å². The van der Waals surface area contributed by atoms with Gasteiger partial charge in [0.05, 0.1) is 5.75 Å². The summed E-state index contributed by atoms with van der Waals surface area (Å²) >= 11 is 1.00. The minimum absolute atomic E-state index is 0.0167. The maximum absolute atomic E-state index is 11.9. The highest BCUT2D eigenvalue weighted by atomic mass is 32.2. The van der Waals surface area contributed by atoms with Crippen molar-refractivity contribution in [2.24, 2.45) is 0 Å². The zero-order valence-electron chi connectivity index (χ0n) is 12.6. The first kappa shape index (κ1) is 16.7. The van der Waals surface area contributed by atoms with E-state index in [0.29, 0.717) is 11.3 Å². The Morgan fingerprint density at radius 2 is 1.91 bits per heavy atom. The number of thioether (sulfide) groups is 1. The minimum atomic E-state index is -0.456. The summed E-state index contributed by atoms with van der Waals surface area (Å²) in [4.78, 5) is 34.7. The van der Waals surface area contributed by atoms with E-state index in [-0.39, 0.29) is 28.3 Å². The smallest absolute Gasteiger partial charge is 0.294 e. The zero-order chi connectivity index (χ0) is 17.0. The summed E-state index contributed by atoms with van der Waals surface area (Å²) < 4.78 is 0.863. The molecule has 0 saturated carbocycles. The Morgan fingerprint density at radius 3 is 2.52 bits per heavy atom. The topological polar surface area (TPSA) is 120 Å². The molecule has 0 unspecified atom stereocenters. The zero-order valence-corrected chi connectivity index (χ0v) is 13.4. The Kier molecular flexibility index (Phi) is 5.12. The Labute approximate surface area is 136 Å². The van der Waals surface area contributed by atoms with Gasteiger partial charge in [0.2, 0.25) is 11.1 Å². The van der Waals surface area contributed by atoms with Crippen LogP contribution in [0.25, 0.3) is 0 Å². The third kappa shape index (κ3) is 4.16. The van der Waals surface area contributed by atoms with E-state index in [1.165, 1.54) is 13.8 Å². The van der Waals surface area contributed by atoms with Gasteiger partial charge >= 0.3 is 0 Å². The molecule has 0 fully saturated rings. The third-order valence-electron chi connectivity index (χ3n) is 2.93. The van der Waals surface area contributed by atoms with Gasteiger partial charge in [0.25, 0.3) is 5.56 Å². The standard InChI is InChI=1S/C14H15N5O3S/c1-8-13(22)19(15)14(18-17-8)23-7-12(21)16-11-5-3-10(4-6-11)9(2)20/h3-6H,7,15H2,1-2H3,(H,16,21). The second kappa shape index (κ2) is 7.05. The number of anilines is 1. The molecule has 0 aliphatic rings. The lowest BCUT2D eigenvalue weighted by molar-refractivity contribution is -0.113. The quantitative estimate of drug-likeness (QED) is 0.467. The molecule has 2 rings (SSSR count). The summed E-state index contributed by atoms with van der Waals surface area (Å²) in [6, 6.07) is 6.55. The van der Waals surface area contributed by atoms with Crippen molar-refractivity contribution in [2.45, 2.75) is 19.0 Å². The van der Waals surface area contributed by atoms with Crippen molar-refractivity contribution < 1.29 is 9.59 Å². The number of amides is 1. The molecule has 1 aromatic carbocycles. The molecule has 1 aromatic heterocycles. The average Bonchev–Trinajstić information content (AvgIpc) is 2.52. The fraction of sp³-hybridized carbons (Fsp3) is 0.214. The van der Waals surface area contributed by atoms with Crippen LogP contribution >= 0.6 is 11.8 Å². The predicted molar refractivity (Wildman–Crippen MR) is 87.0 cm³/mol. The van der Waals surface area contributed by atoms with Crippen molar-refractivity contribution in [3.63, 3.8) is 0 Å². The highest BCUT2D eigenvalue weighted by Crippen LogP contribution is 2.14. The van der Waals surface area contributed by atoms with Gasteiger partial charge in [-0.05, 0) is 38.1 Å². The molecule has 0 aliphatic carbocycles. The fourth-order valence-corrected chi connectivity index (χ4v) is 2.34. The summed E-state index contributed by atoms with van der Waals surface area (Å²) in [5.74, 6) is 5.27. The average molecular weight is 333 g/mol. The van der Waals surface area contributed by atoms with E-state index in [4.69, 9.17) is 5.84 Å². The number of hydrogen-bond donors (Lipinski definition) is 2. The van der Waals surface area contributed by atoms with Crippen molar-refractivity contribution in [2.75, 3.05) is 16.9 Å². The summed E-state index contributed by atoms with van der Waals surface area (Å²) in [6.07, 6.45) is 0. The van der Waals surface area contributed by atoms with Gasteiger partial charge in [-0.3, -0.25) is 14.4 Å². The van der Waals surface area contributed by atoms with E-state index in [1.807, 2.05) is 0 Å². The van der Waals surface area contributed by atoms with Crippen LogP contribution in [0.1, 0.15) is 23.0 Å². The molecule has 2 aromatic rings. The second-order valence-corrected chi connectivity index (χ2v) is 5.66. The van der Waals surface area contributed by atoms with E-state index >= 15 is 0 Å². The second-order valence-electron chi connectivity index (χ2n) is 4.71. The molecule has 0 spiro atoms. The molecular weight excluding hydrogens is 318 g/mol. The summed E-state index contributed by atoms with van der Waals surface area (Å²) in [7, 11) is 0. The molecule has 120 valence electrons. The number of hydrogen-bond acceptors (Lipinski definition) is 7. The number of carbonyl (C=O) groups is 2. The predicted octanol–water partition coefficient (Wildman–Crippen LogP) is 0.594. The van der Waals surface area contributed by atoms with Gasteiger partial charge in [0, 0.05) is 11.3 Å². The number of aryl methyl sites for hydroxylation is 1. The first-order valence-electron chi connectivity index (χ1n) is 6.63. The summed E-state index contributed by atoms with van der Waals surface area (Å²) in [5, 5.41) is 10.3. The normalized spacial score (nSPS) is 10.3. The monoisotopic (exact) mass is 333 g/mol. The molecule has 1 amide bonds. The molecule has 0 bridgehead atoms. The minimum Gasteiger partial charge on any atom is -0.334 e. The van der Waals surface area contributed by atoms with Crippen molar-refractivity contribution >= 4 is 29.1 Å². The highest BCUT2D eigenvalue weighted by molar-refractivity contribution is 7.99. The molecule has 3 N–H and O–H groups in total. The lowest BCUT2D eigenvalue weighted by Gasteiger charge is -2.07. The van der Waals surface area contributed by atoms with Crippen LogP contribution in [0.2, 0.25) is 0 Å². The lowest BCUT2D eigenvalue weighted by Crippen LogP contribution is -2.32. The first-order chi connectivity index (χ1) is 10.9. The van der Waals surface area contributed by atoms with Crippen molar-refractivity contribution in [3.05, 3.63) is 45.9 Å². The van der Waals surface area contributed by atoms with E-state index in [0.717, 1.165) is 16.4 Å². The molecule has 0 atom stereocenters. The number of ketones is 1. The highest BCUT2D eigenvalue weighted by Gasteiger charge is 2.10. The van der Waals surface area contributed by atoms with Gasteiger partial charge in [0.1, 0.15) is 5.69 Å². The van der Waals surface area contributed by atoms with Crippen LogP contribution in [0, 0.1) is 6.92 Å². The maximum Gasteiger partial charge on any atom is 0.294 e. The summed E-state index contributed by atoms with van der Waals surface area (Å²) in [6.45, 7) is 2.98. The number of nitrogens with one attached hydrogen (secondary N) is 1. The van der Waals surface area contributed by atoms with Crippen molar-refractivity contribution in [1.82, 2.24) is 14.9 Å². The van der Waals surface area contributed by atoms with Crippen molar-refractivity contribution in [1.29, 1.82) is 0 Å². The van der Waals surface area contributed by atoms with E-state index in [1.54, 1.807) is 24.3 Å². The Morgan fingerprint density at radius 1 is 1.26 bits per heavy atom. The number of Topliss-reactive ketones (excluding diaryl/α,β-unsaturated/α-hetero) is 1. The van der Waals surface area contributed by atoms with E-state index in [2.05, 4.69) is 15.5 Å². The van der Waals surface area contributed by atoms with Crippen LogP contribution in [0.15, 0.2) is 34.2 Å².